The van der Waals surface area contributed by atoms with Gasteiger partial charge in [-0.25, -0.2) is 0 Å². The Morgan fingerprint density at radius 2 is 1.72 bits per heavy atom. The lowest BCUT2D eigenvalue weighted by Crippen LogP contribution is -2.48. The van der Waals surface area contributed by atoms with Crippen LogP contribution in [0, 0.1) is 5.41 Å². The average molecular weight is 511 g/mol. The van der Waals surface area contributed by atoms with Crippen molar-refractivity contribution < 1.29 is 19.1 Å². The Hall–Kier alpha value is -2.57. The molecule has 0 aromatic heterocycles. The number of para-hydroxylation sites is 1. The average Bonchev–Trinajstić information content (AvgIpc) is 3.15. The van der Waals surface area contributed by atoms with E-state index >= 15 is 0 Å². The highest BCUT2D eigenvalue weighted by molar-refractivity contribution is 6.30. The van der Waals surface area contributed by atoms with Crippen LogP contribution in [-0.4, -0.2) is 53.5 Å². The Kier molecular flexibility index (Phi) is 6.77. The van der Waals surface area contributed by atoms with E-state index in [1.807, 2.05) is 4.90 Å². The Bertz CT molecular complexity index is 1160. The van der Waals surface area contributed by atoms with Crippen LogP contribution in [-0.2, 0) is 17.8 Å². The lowest BCUT2D eigenvalue weighted by molar-refractivity contribution is -0.131. The Balaban J connectivity index is 1.17. The third-order valence-electron chi connectivity index (χ3n) is 8.02. The molecule has 1 spiro atoms. The van der Waals surface area contributed by atoms with Crippen LogP contribution in [0.3, 0.4) is 0 Å². The summed E-state index contributed by atoms with van der Waals surface area (Å²) in [7, 11) is 0. The summed E-state index contributed by atoms with van der Waals surface area (Å²) in [6, 6.07) is 11.4. The van der Waals surface area contributed by atoms with Crippen LogP contribution < -0.4 is 9.47 Å². The molecule has 2 fully saturated rings. The fourth-order valence-electron chi connectivity index (χ4n) is 6.00. The summed E-state index contributed by atoms with van der Waals surface area (Å²) in [5.74, 6) is 0.751. The molecule has 6 nitrogen and oxygen atoms in total. The van der Waals surface area contributed by atoms with Gasteiger partial charge in [-0.05, 0) is 75.7 Å². The van der Waals surface area contributed by atoms with Gasteiger partial charge in [0.1, 0.15) is 17.1 Å². The molecule has 3 aliphatic rings. The molecule has 7 heteroatoms. The van der Waals surface area contributed by atoms with Gasteiger partial charge in [0.05, 0.1) is 5.56 Å². The molecule has 36 heavy (non-hydrogen) atoms. The van der Waals surface area contributed by atoms with E-state index in [0.717, 1.165) is 70.6 Å². The van der Waals surface area contributed by atoms with Gasteiger partial charge in [-0.2, -0.15) is 0 Å². The number of fused-ring (bicyclic) bond motifs is 1. The quantitative estimate of drug-likeness (QED) is 0.401. The Morgan fingerprint density at radius 1 is 1.03 bits per heavy atom. The number of nitrogens with zero attached hydrogens (tertiary/aromatic N) is 2. The van der Waals surface area contributed by atoms with Crippen molar-refractivity contribution in [1.82, 2.24) is 9.80 Å². The first-order chi connectivity index (χ1) is 17.1. The summed E-state index contributed by atoms with van der Waals surface area (Å²) in [5, 5.41) is 0.433. The third kappa shape index (κ3) is 5.25. The molecule has 0 radical (unpaired) electrons. The summed E-state index contributed by atoms with van der Waals surface area (Å²) >= 11 is 6.06. The number of likely N-dealkylation sites (tertiary alicyclic amines) is 2. The van der Waals surface area contributed by atoms with E-state index in [1.54, 1.807) is 12.1 Å². The van der Waals surface area contributed by atoms with E-state index < -0.39 is 5.97 Å². The molecule has 0 unspecified atom stereocenters. The molecule has 3 aliphatic heterocycles. The normalized spacial score (nSPS) is 20.6. The highest BCUT2D eigenvalue weighted by atomic mass is 35.5. The molecular weight excluding hydrogens is 476 g/mol. The van der Waals surface area contributed by atoms with Crippen LogP contribution in [0.15, 0.2) is 36.4 Å². The van der Waals surface area contributed by atoms with Gasteiger partial charge in [0, 0.05) is 49.6 Å². The van der Waals surface area contributed by atoms with Crippen molar-refractivity contribution >= 4 is 23.5 Å². The van der Waals surface area contributed by atoms with Gasteiger partial charge in [0.15, 0.2) is 0 Å². The fraction of sp³-hybridized carbons (Fsp3) is 0.517. The molecule has 0 aliphatic carbocycles. The molecule has 2 saturated heterocycles. The van der Waals surface area contributed by atoms with Crippen LogP contribution >= 0.6 is 11.6 Å². The van der Waals surface area contributed by atoms with E-state index in [-0.39, 0.29) is 17.3 Å². The van der Waals surface area contributed by atoms with Crippen molar-refractivity contribution in [3.63, 3.8) is 0 Å². The van der Waals surface area contributed by atoms with Crippen molar-refractivity contribution in [2.75, 3.05) is 26.2 Å². The maximum absolute atomic E-state index is 13.2. The molecule has 2 aromatic carbocycles. The minimum Gasteiger partial charge on any atom is -0.487 e. The molecule has 5 rings (SSSR count). The number of hydrogen-bond acceptors (Lipinski definition) is 5. The van der Waals surface area contributed by atoms with Crippen molar-refractivity contribution in [2.45, 2.75) is 65.0 Å². The second-order valence-electron chi connectivity index (χ2n) is 11.2. The molecule has 0 saturated carbocycles. The molecular formula is C29H35ClN2O4. The van der Waals surface area contributed by atoms with Gasteiger partial charge in [0.25, 0.3) is 5.91 Å². The van der Waals surface area contributed by atoms with Crippen LogP contribution in [0.2, 0.25) is 5.02 Å². The first-order valence-electron chi connectivity index (χ1n) is 12.9. The predicted molar refractivity (Wildman–Crippen MR) is 140 cm³/mol. The lowest BCUT2D eigenvalue weighted by Gasteiger charge is -2.47. The van der Waals surface area contributed by atoms with E-state index in [0.29, 0.717) is 16.0 Å². The molecule has 0 N–H and O–H groups in total. The van der Waals surface area contributed by atoms with Crippen molar-refractivity contribution in [2.24, 2.45) is 5.41 Å². The van der Waals surface area contributed by atoms with Crippen molar-refractivity contribution in [3.05, 3.63) is 58.1 Å². The summed E-state index contributed by atoms with van der Waals surface area (Å²) in [6.07, 6.45) is 5.27. The third-order valence-corrected chi connectivity index (χ3v) is 8.26. The van der Waals surface area contributed by atoms with Crippen LogP contribution in [0.4, 0.5) is 0 Å². The van der Waals surface area contributed by atoms with Gasteiger partial charge in [0.2, 0.25) is 0 Å². The van der Waals surface area contributed by atoms with E-state index in [9.17, 15) is 9.59 Å². The van der Waals surface area contributed by atoms with Gasteiger partial charge < -0.3 is 14.4 Å². The SMILES string of the molecule is CC(=O)Oc1cc(Cl)ccc1C(=O)N1CCC2(CCN(Cc3cccc4c3OC(C)(C)C4)CC2)CC1. The van der Waals surface area contributed by atoms with E-state index in [2.05, 4.69) is 36.9 Å². The van der Waals surface area contributed by atoms with Gasteiger partial charge in [-0.1, -0.05) is 29.8 Å². The zero-order valence-electron chi connectivity index (χ0n) is 21.4. The smallest absolute Gasteiger partial charge is 0.308 e. The number of ether oxygens (including phenoxy) is 2. The molecule has 192 valence electrons. The Morgan fingerprint density at radius 3 is 2.42 bits per heavy atom. The maximum Gasteiger partial charge on any atom is 0.308 e. The number of halogens is 1. The first-order valence-corrected chi connectivity index (χ1v) is 13.3. The standard InChI is InChI=1S/C29H35ClN2O4/c1-20(33)35-25-17-23(30)7-8-24(25)27(34)32-15-11-29(12-16-32)9-13-31(14-10-29)19-22-6-4-5-21-18-28(2,3)36-26(21)22/h4-8,17H,9-16,18-19H2,1-3H3. The highest BCUT2D eigenvalue weighted by Crippen LogP contribution is 2.43. The second-order valence-corrected chi connectivity index (χ2v) is 11.7. The first kappa shape index (κ1) is 25.1. The summed E-state index contributed by atoms with van der Waals surface area (Å²) in [4.78, 5) is 29.2. The van der Waals surface area contributed by atoms with Crippen molar-refractivity contribution in [1.29, 1.82) is 0 Å². The van der Waals surface area contributed by atoms with E-state index in [1.165, 1.54) is 24.1 Å². The Labute approximate surface area is 218 Å². The predicted octanol–water partition coefficient (Wildman–Crippen LogP) is 5.50. The summed E-state index contributed by atoms with van der Waals surface area (Å²) in [6.45, 7) is 10.1. The number of carbonyl (C=O) groups excluding carboxylic acids is 2. The van der Waals surface area contributed by atoms with Crippen molar-refractivity contribution in [3.8, 4) is 11.5 Å². The molecule has 0 bridgehead atoms. The number of amides is 1. The fourth-order valence-corrected chi connectivity index (χ4v) is 6.16. The molecule has 1 amide bonds. The van der Waals surface area contributed by atoms with Gasteiger partial charge in [-0.3, -0.25) is 14.5 Å². The van der Waals surface area contributed by atoms with E-state index in [4.69, 9.17) is 21.1 Å². The molecule has 2 aromatic rings. The topological polar surface area (TPSA) is 59.1 Å². The highest BCUT2D eigenvalue weighted by Gasteiger charge is 2.39. The zero-order valence-corrected chi connectivity index (χ0v) is 22.2. The van der Waals surface area contributed by atoms with Crippen LogP contribution in [0.25, 0.3) is 0 Å². The summed E-state index contributed by atoms with van der Waals surface area (Å²) < 4.78 is 11.5. The number of carbonyl (C=O) groups is 2. The number of esters is 1. The van der Waals surface area contributed by atoms with Gasteiger partial charge >= 0.3 is 5.97 Å². The minimum atomic E-state index is -0.466. The molecule has 3 heterocycles. The van der Waals surface area contributed by atoms with Gasteiger partial charge in [-0.15, -0.1) is 0 Å². The maximum atomic E-state index is 13.2. The zero-order chi connectivity index (χ0) is 25.5. The second kappa shape index (κ2) is 9.71. The lowest BCUT2D eigenvalue weighted by atomic mass is 9.71. The number of benzene rings is 2. The summed E-state index contributed by atoms with van der Waals surface area (Å²) in [5.41, 5.74) is 3.17. The van der Waals surface area contributed by atoms with Crippen LogP contribution in [0.1, 0.15) is 67.9 Å². The molecule has 0 atom stereocenters. The minimum absolute atomic E-state index is 0.101. The number of hydrogen-bond donors (Lipinski definition) is 0. The number of rotatable bonds is 4. The number of piperidine rings is 2. The largest absolute Gasteiger partial charge is 0.487 e. The van der Waals surface area contributed by atoms with Crippen LogP contribution in [0.5, 0.6) is 11.5 Å². The monoisotopic (exact) mass is 510 g/mol.